The molecule has 1 aliphatic carbocycles. The topological polar surface area (TPSA) is 52.6 Å². The molecule has 1 fully saturated rings. The van der Waals surface area contributed by atoms with Gasteiger partial charge in [-0.25, -0.2) is 0 Å². The van der Waals surface area contributed by atoms with E-state index in [2.05, 4.69) is 5.32 Å². The average molecular weight is 260 g/mol. The van der Waals surface area contributed by atoms with E-state index in [1.807, 2.05) is 23.1 Å². The molecule has 1 amide bonds. The van der Waals surface area contributed by atoms with Gasteiger partial charge in [-0.1, -0.05) is 6.07 Å². The van der Waals surface area contributed by atoms with Gasteiger partial charge in [-0.2, -0.15) is 0 Å². The van der Waals surface area contributed by atoms with E-state index < -0.39 is 0 Å². The van der Waals surface area contributed by atoms with Crippen molar-refractivity contribution < 1.29 is 9.90 Å². The van der Waals surface area contributed by atoms with Crippen molar-refractivity contribution in [2.24, 2.45) is 0 Å². The van der Waals surface area contributed by atoms with Crippen molar-refractivity contribution in [3.05, 3.63) is 29.3 Å². The fourth-order valence-corrected chi connectivity index (χ4v) is 2.85. The van der Waals surface area contributed by atoms with E-state index in [1.54, 1.807) is 0 Å². The Bertz CT molecular complexity index is 483. The van der Waals surface area contributed by atoms with E-state index >= 15 is 0 Å². The first-order chi connectivity index (χ1) is 9.29. The van der Waals surface area contributed by atoms with Crippen LogP contribution in [-0.4, -0.2) is 41.7 Å². The van der Waals surface area contributed by atoms with Crippen LogP contribution in [0.2, 0.25) is 0 Å². The number of benzene rings is 1. The molecule has 0 radical (unpaired) electrons. The second-order valence-corrected chi connectivity index (χ2v) is 5.36. The number of fused-ring (bicyclic) bond motifs is 1. The molecule has 1 aromatic rings. The summed E-state index contributed by atoms with van der Waals surface area (Å²) in [6.45, 7) is 1.43. The number of anilines is 1. The SMILES string of the molecule is O=C(c1ccc2c(c1)NCC2)N(CCO)C1CCC1. The lowest BCUT2D eigenvalue weighted by Gasteiger charge is -2.37. The largest absolute Gasteiger partial charge is 0.395 e. The Morgan fingerprint density at radius 2 is 2.26 bits per heavy atom. The summed E-state index contributed by atoms with van der Waals surface area (Å²) in [6.07, 6.45) is 4.35. The van der Waals surface area contributed by atoms with Gasteiger partial charge in [0.25, 0.3) is 5.91 Å². The highest BCUT2D eigenvalue weighted by Gasteiger charge is 2.29. The molecule has 0 saturated heterocycles. The van der Waals surface area contributed by atoms with Crippen LogP contribution in [0.25, 0.3) is 0 Å². The number of nitrogens with zero attached hydrogens (tertiary/aromatic N) is 1. The van der Waals surface area contributed by atoms with Crippen molar-refractivity contribution in [2.75, 3.05) is 25.0 Å². The van der Waals surface area contributed by atoms with Gasteiger partial charge < -0.3 is 15.3 Å². The molecule has 1 aliphatic heterocycles. The first kappa shape index (κ1) is 12.5. The maximum Gasteiger partial charge on any atom is 0.254 e. The molecule has 0 unspecified atom stereocenters. The van der Waals surface area contributed by atoms with Crippen LogP contribution in [0.3, 0.4) is 0 Å². The van der Waals surface area contributed by atoms with Crippen molar-refractivity contribution in [1.82, 2.24) is 4.90 Å². The summed E-state index contributed by atoms with van der Waals surface area (Å²) in [5.41, 5.74) is 3.10. The number of hydrogen-bond acceptors (Lipinski definition) is 3. The second-order valence-electron chi connectivity index (χ2n) is 5.36. The minimum Gasteiger partial charge on any atom is -0.395 e. The number of rotatable bonds is 4. The third-order valence-corrected chi connectivity index (χ3v) is 4.18. The number of amides is 1. The minimum atomic E-state index is 0.0332. The molecule has 0 atom stereocenters. The van der Waals surface area contributed by atoms with Gasteiger partial charge in [0.2, 0.25) is 0 Å². The van der Waals surface area contributed by atoms with Gasteiger partial charge >= 0.3 is 0 Å². The minimum absolute atomic E-state index is 0.0332. The van der Waals surface area contributed by atoms with Crippen LogP contribution in [0.15, 0.2) is 18.2 Å². The van der Waals surface area contributed by atoms with Crippen molar-refractivity contribution in [3.8, 4) is 0 Å². The summed E-state index contributed by atoms with van der Waals surface area (Å²) in [5.74, 6) is 0.0512. The fraction of sp³-hybridized carbons (Fsp3) is 0.533. The Balaban J connectivity index is 1.81. The highest BCUT2D eigenvalue weighted by molar-refractivity contribution is 5.95. The lowest BCUT2D eigenvalue weighted by Crippen LogP contribution is -2.45. The van der Waals surface area contributed by atoms with Crippen LogP contribution in [0.4, 0.5) is 5.69 Å². The number of hydrogen-bond donors (Lipinski definition) is 2. The quantitative estimate of drug-likeness (QED) is 0.865. The standard InChI is InChI=1S/C15H20N2O2/c18-9-8-17(13-2-1-3-13)15(19)12-5-4-11-6-7-16-14(11)10-12/h4-5,10,13,16,18H,1-3,6-9H2. The molecule has 4 nitrogen and oxygen atoms in total. The predicted octanol–water partition coefficient (Wildman–Crippen LogP) is 1.64. The monoisotopic (exact) mass is 260 g/mol. The molecule has 0 bridgehead atoms. The van der Waals surface area contributed by atoms with E-state index in [0.29, 0.717) is 12.6 Å². The summed E-state index contributed by atoms with van der Waals surface area (Å²) in [6, 6.07) is 6.23. The zero-order valence-electron chi connectivity index (χ0n) is 11.1. The van der Waals surface area contributed by atoms with Crippen LogP contribution in [-0.2, 0) is 6.42 Å². The van der Waals surface area contributed by atoms with Crippen molar-refractivity contribution >= 4 is 11.6 Å². The van der Waals surface area contributed by atoms with Gasteiger partial charge in [-0.05, 0) is 43.4 Å². The van der Waals surface area contributed by atoms with Crippen LogP contribution in [0.1, 0.15) is 35.2 Å². The molecule has 2 N–H and O–H groups in total. The number of aliphatic hydroxyl groups is 1. The fourth-order valence-electron chi connectivity index (χ4n) is 2.85. The smallest absolute Gasteiger partial charge is 0.254 e. The summed E-state index contributed by atoms with van der Waals surface area (Å²) in [7, 11) is 0. The summed E-state index contributed by atoms with van der Waals surface area (Å²) in [4.78, 5) is 14.4. The molecule has 2 aliphatic rings. The van der Waals surface area contributed by atoms with Gasteiger partial charge in [-0.15, -0.1) is 0 Å². The van der Waals surface area contributed by atoms with E-state index in [1.165, 1.54) is 12.0 Å². The van der Waals surface area contributed by atoms with E-state index in [0.717, 1.165) is 37.1 Å². The van der Waals surface area contributed by atoms with Crippen LogP contribution in [0.5, 0.6) is 0 Å². The zero-order valence-corrected chi connectivity index (χ0v) is 11.1. The lowest BCUT2D eigenvalue weighted by atomic mass is 9.91. The average Bonchev–Trinajstić information content (AvgIpc) is 2.82. The third kappa shape index (κ3) is 2.32. The Morgan fingerprint density at radius 3 is 2.95 bits per heavy atom. The summed E-state index contributed by atoms with van der Waals surface area (Å²) < 4.78 is 0. The maximum atomic E-state index is 12.6. The van der Waals surface area contributed by atoms with E-state index in [-0.39, 0.29) is 12.5 Å². The lowest BCUT2D eigenvalue weighted by molar-refractivity contribution is 0.0526. The number of nitrogens with one attached hydrogen (secondary N) is 1. The van der Waals surface area contributed by atoms with Gasteiger partial charge in [0.05, 0.1) is 6.61 Å². The van der Waals surface area contributed by atoms with Crippen LogP contribution >= 0.6 is 0 Å². The van der Waals surface area contributed by atoms with Crippen LogP contribution in [0, 0.1) is 0 Å². The van der Waals surface area contributed by atoms with E-state index in [9.17, 15) is 4.79 Å². The summed E-state index contributed by atoms with van der Waals surface area (Å²) in [5, 5.41) is 12.5. The first-order valence-electron chi connectivity index (χ1n) is 7.08. The first-order valence-corrected chi connectivity index (χ1v) is 7.08. The molecule has 4 heteroatoms. The van der Waals surface area contributed by atoms with Gasteiger partial charge in [0.1, 0.15) is 0 Å². The molecule has 1 saturated carbocycles. The molecular weight excluding hydrogens is 240 g/mol. The van der Waals surface area contributed by atoms with Gasteiger partial charge in [0.15, 0.2) is 0 Å². The summed E-state index contributed by atoms with van der Waals surface area (Å²) >= 11 is 0. The third-order valence-electron chi connectivity index (χ3n) is 4.18. The highest BCUT2D eigenvalue weighted by Crippen LogP contribution is 2.28. The number of aliphatic hydroxyl groups excluding tert-OH is 1. The molecular formula is C15H20N2O2. The molecule has 1 aromatic carbocycles. The zero-order chi connectivity index (χ0) is 13.2. The van der Waals surface area contributed by atoms with Crippen molar-refractivity contribution in [3.63, 3.8) is 0 Å². The highest BCUT2D eigenvalue weighted by atomic mass is 16.3. The predicted molar refractivity (Wildman–Crippen MR) is 74.4 cm³/mol. The van der Waals surface area contributed by atoms with Crippen molar-refractivity contribution in [2.45, 2.75) is 31.7 Å². The number of carbonyl (C=O) groups is 1. The van der Waals surface area contributed by atoms with Crippen LogP contribution < -0.4 is 5.32 Å². The van der Waals surface area contributed by atoms with E-state index in [4.69, 9.17) is 5.11 Å². The Kier molecular flexibility index (Phi) is 3.42. The van der Waals surface area contributed by atoms with Gasteiger partial charge in [0, 0.05) is 30.4 Å². The van der Waals surface area contributed by atoms with Gasteiger partial charge in [-0.3, -0.25) is 4.79 Å². The normalized spacial score (nSPS) is 17.5. The molecule has 0 aromatic heterocycles. The Morgan fingerprint density at radius 1 is 1.42 bits per heavy atom. The molecule has 102 valence electrons. The maximum absolute atomic E-state index is 12.6. The molecule has 3 rings (SSSR count). The molecule has 0 spiro atoms. The Hall–Kier alpha value is -1.55. The molecule has 19 heavy (non-hydrogen) atoms. The Labute approximate surface area is 113 Å². The molecule has 1 heterocycles. The van der Waals surface area contributed by atoms with Crippen molar-refractivity contribution in [1.29, 1.82) is 0 Å². The second kappa shape index (κ2) is 5.21. The number of carbonyl (C=O) groups excluding carboxylic acids is 1.